The Morgan fingerprint density at radius 1 is 1.03 bits per heavy atom. The van der Waals surface area contributed by atoms with Crippen LogP contribution < -0.4 is 9.47 Å². The number of aromatic amines is 1. The van der Waals surface area contributed by atoms with Gasteiger partial charge in [-0.1, -0.05) is 24.3 Å². The SMILES string of the molecule is Cc1cc2c(OCC(CN3CCC(COc4ccccc4C)CC3)OC(=O)C(C)(C)C)cccc2[nH]1. The Hall–Kier alpha value is -2.99. The lowest BCUT2D eigenvalue weighted by Gasteiger charge is -2.34. The number of fused-ring (bicyclic) bond motifs is 1. The van der Waals surface area contributed by atoms with E-state index in [0.29, 0.717) is 19.1 Å². The molecule has 3 aromatic rings. The molecule has 1 aliphatic heterocycles. The number of aryl methyl sites for hydroxylation is 2. The summed E-state index contributed by atoms with van der Waals surface area (Å²) in [6.07, 6.45) is 1.79. The van der Waals surface area contributed by atoms with E-state index < -0.39 is 5.41 Å². The number of ether oxygens (including phenoxy) is 3. The number of hydrogen-bond acceptors (Lipinski definition) is 5. The van der Waals surface area contributed by atoms with Crippen LogP contribution in [0.5, 0.6) is 11.5 Å². The minimum atomic E-state index is -0.560. The molecule has 0 bridgehead atoms. The fourth-order valence-corrected chi connectivity index (χ4v) is 4.58. The summed E-state index contributed by atoms with van der Waals surface area (Å²) in [5.74, 6) is 2.11. The molecule has 2 aromatic carbocycles. The average molecular weight is 493 g/mol. The molecule has 1 saturated heterocycles. The highest BCUT2D eigenvalue weighted by molar-refractivity contribution is 5.86. The molecule has 0 aliphatic carbocycles. The van der Waals surface area contributed by atoms with E-state index in [1.807, 2.05) is 64.1 Å². The van der Waals surface area contributed by atoms with Crippen LogP contribution in [0.4, 0.5) is 0 Å². The first-order valence-corrected chi connectivity index (χ1v) is 13.0. The number of rotatable bonds is 9. The lowest BCUT2D eigenvalue weighted by molar-refractivity contribution is -0.161. The van der Waals surface area contributed by atoms with E-state index in [9.17, 15) is 4.79 Å². The average Bonchev–Trinajstić information content (AvgIpc) is 3.23. The normalized spacial score (nSPS) is 16.1. The quantitative estimate of drug-likeness (QED) is 0.376. The molecule has 1 N–H and O–H groups in total. The lowest BCUT2D eigenvalue weighted by Crippen LogP contribution is -2.44. The summed E-state index contributed by atoms with van der Waals surface area (Å²) in [6, 6.07) is 16.2. The second kappa shape index (κ2) is 11.4. The van der Waals surface area contributed by atoms with Gasteiger partial charge in [0.2, 0.25) is 0 Å². The van der Waals surface area contributed by atoms with Crippen LogP contribution in [0.2, 0.25) is 0 Å². The summed E-state index contributed by atoms with van der Waals surface area (Å²) in [6.45, 7) is 13.4. The molecule has 0 radical (unpaired) electrons. The highest BCUT2D eigenvalue weighted by Crippen LogP contribution is 2.27. The Labute approximate surface area is 214 Å². The van der Waals surface area contributed by atoms with Crippen molar-refractivity contribution in [3.05, 3.63) is 59.8 Å². The van der Waals surface area contributed by atoms with E-state index in [1.165, 1.54) is 5.56 Å². The molecule has 1 atom stereocenters. The first-order valence-electron chi connectivity index (χ1n) is 13.0. The van der Waals surface area contributed by atoms with Crippen LogP contribution in [-0.4, -0.2) is 54.8 Å². The molecular weight excluding hydrogens is 452 g/mol. The molecule has 6 heteroatoms. The van der Waals surface area contributed by atoms with Crippen molar-refractivity contribution in [3.8, 4) is 11.5 Å². The van der Waals surface area contributed by atoms with Crippen LogP contribution in [0.3, 0.4) is 0 Å². The first kappa shape index (κ1) is 26.1. The van der Waals surface area contributed by atoms with Crippen LogP contribution >= 0.6 is 0 Å². The Bertz CT molecular complexity index is 1160. The maximum absolute atomic E-state index is 12.7. The number of esters is 1. The molecule has 36 heavy (non-hydrogen) atoms. The van der Waals surface area contributed by atoms with Gasteiger partial charge in [-0.2, -0.15) is 0 Å². The molecule has 6 nitrogen and oxygen atoms in total. The smallest absolute Gasteiger partial charge is 0.311 e. The zero-order valence-electron chi connectivity index (χ0n) is 22.3. The Morgan fingerprint density at radius 3 is 2.47 bits per heavy atom. The third-order valence-corrected chi connectivity index (χ3v) is 6.81. The minimum absolute atomic E-state index is 0.201. The van der Waals surface area contributed by atoms with Crippen LogP contribution in [0, 0.1) is 25.2 Å². The fraction of sp³-hybridized carbons (Fsp3) is 0.500. The minimum Gasteiger partial charge on any atom is -0.493 e. The van der Waals surface area contributed by atoms with Crippen LogP contribution in [-0.2, 0) is 9.53 Å². The van der Waals surface area contributed by atoms with Crippen molar-refractivity contribution in [2.24, 2.45) is 11.3 Å². The van der Waals surface area contributed by atoms with Crippen molar-refractivity contribution in [3.63, 3.8) is 0 Å². The molecule has 0 spiro atoms. The van der Waals surface area contributed by atoms with Crippen LogP contribution in [0.15, 0.2) is 48.5 Å². The molecule has 0 saturated carbocycles. The van der Waals surface area contributed by atoms with E-state index in [0.717, 1.165) is 60.6 Å². The van der Waals surface area contributed by atoms with Gasteiger partial charge in [-0.15, -0.1) is 0 Å². The summed E-state index contributed by atoms with van der Waals surface area (Å²) >= 11 is 0. The Balaban J connectivity index is 1.34. The summed E-state index contributed by atoms with van der Waals surface area (Å²) in [4.78, 5) is 18.5. The number of hydrogen-bond donors (Lipinski definition) is 1. The number of likely N-dealkylation sites (tertiary alicyclic amines) is 1. The van der Waals surface area contributed by atoms with Gasteiger partial charge in [0, 0.05) is 23.1 Å². The van der Waals surface area contributed by atoms with Gasteiger partial charge in [0.15, 0.2) is 0 Å². The van der Waals surface area contributed by atoms with Gasteiger partial charge in [-0.25, -0.2) is 0 Å². The highest BCUT2D eigenvalue weighted by atomic mass is 16.6. The fourth-order valence-electron chi connectivity index (χ4n) is 4.58. The second-order valence-electron chi connectivity index (χ2n) is 11.1. The molecular formula is C30H40N2O4. The largest absolute Gasteiger partial charge is 0.493 e. The van der Waals surface area contributed by atoms with Gasteiger partial charge in [-0.05, 0) is 96.3 Å². The van der Waals surface area contributed by atoms with E-state index in [2.05, 4.69) is 28.9 Å². The van der Waals surface area contributed by atoms with Crippen LogP contribution in [0.25, 0.3) is 10.9 Å². The van der Waals surface area contributed by atoms with Crippen molar-refractivity contribution in [2.45, 2.75) is 53.6 Å². The number of carbonyl (C=O) groups is 1. The molecule has 0 amide bonds. The van der Waals surface area contributed by atoms with Gasteiger partial charge in [0.25, 0.3) is 0 Å². The number of nitrogens with one attached hydrogen (secondary N) is 1. The van der Waals surface area contributed by atoms with Crippen molar-refractivity contribution in [2.75, 3.05) is 32.8 Å². The summed E-state index contributed by atoms with van der Waals surface area (Å²) in [7, 11) is 0. The Kier molecular flexibility index (Phi) is 8.24. The molecule has 194 valence electrons. The van der Waals surface area contributed by atoms with Crippen molar-refractivity contribution >= 4 is 16.9 Å². The van der Waals surface area contributed by atoms with Gasteiger partial charge in [-0.3, -0.25) is 9.69 Å². The number of carbonyl (C=O) groups excluding carboxylic acids is 1. The highest BCUT2D eigenvalue weighted by Gasteiger charge is 2.29. The monoisotopic (exact) mass is 492 g/mol. The summed E-state index contributed by atoms with van der Waals surface area (Å²) in [5, 5.41) is 1.05. The molecule has 1 aromatic heterocycles. The van der Waals surface area contributed by atoms with Gasteiger partial charge in [0.1, 0.15) is 24.2 Å². The number of para-hydroxylation sites is 1. The summed E-state index contributed by atoms with van der Waals surface area (Å²) < 4.78 is 18.3. The van der Waals surface area contributed by atoms with Crippen molar-refractivity contribution in [1.29, 1.82) is 0 Å². The Morgan fingerprint density at radius 2 is 1.75 bits per heavy atom. The number of aromatic nitrogens is 1. The molecule has 4 rings (SSSR count). The maximum atomic E-state index is 12.7. The molecule has 1 aliphatic rings. The van der Waals surface area contributed by atoms with Gasteiger partial charge >= 0.3 is 5.97 Å². The zero-order valence-corrected chi connectivity index (χ0v) is 22.3. The van der Waals surface area contributed by atoms with E-state index >= 15 is 0 Å². The predicted octanol–water partition coefficient (Wildman–Crippen LogP) is 5.91. The van der Waals surface area contributed by atoms with Gasteiger partial charge < -0.3 is 19.2 Å². The standard InChI is InChI=1S/C30H40N2O4/c1-21-9-6-7-11-27(21)34-19-23-13-15-32(16-14-23)18-24(36-29(33)30(3,4)5)20-35-28-12-8-10-26-25(28)17-22(2)31-26/h6-12,17,23-24,31H,13-16,18-20H2,1-5H3. The zero-order chi connectivity index (χ0) is 25.7. The second-order valence-corrected chi connectivity index (χ2v) is 11.1. The number of H-pyrrole nitrogens is 1. The third-order valence-electron chi connectivity index (χ3n) is 6.81. The predicted molar refractivity (Wildman–Crippen MR) is 144 cm³/mol. The number of nitrogens with zero attached hydrogens (tertiary/aromatic N) is 1. The number of benzene rings is 2. The topological polar surface area (TPSA) is 63.8 Å². The number of piperidine rings is 1. The molecule has 1 unspecified atom stereocenters. The lowest BCUT2D eigenvalue weighted by atomic mass is 9.97. The van der Waals surface area contributed by atoms with Gasteiger partial charge in [0.05, 0.1) is 12.0 Å². The van der Waals surface area contributed by atoms with E-state index in [4.69, 9.17) is 14.2 Å². The summed E-state index contributed by atoms with van der Waals surface area (Å²) in [5.41, 5.74) is 2.74. The third kappa shape index (κ3) is 6.82. The first-order chi connectivity index (χ1) is 17.2. The molecule has 1 fully saturated rings. The molecule has 2 heterocycles. The van der Waals surface area contributed by atoms with Crippen molar-refractivity contribution < 1.29 is 19.0 Å². The van der Waals surface area contributed by atoms with Crippen LogP contribution in [0.1, 0.15) is 44.9 Å². The van der Waals surface area contributed by atoms with E-state index in [1.54, 1.807) is 0 Å². The van der Waals surface area contributed by atoms with Crippen molar-refractivity contribution in [1.82, 2.24) is 9.88 Å². The van der Waals surface area contributed by atoms with E-state index in [-0.39, 0.29) is 12.1 Å². The maximum Gasteiger partial charge on any atom is 0.311 e.